The third-order valence-electron chi connectivity index (χ3n) is 3.97. The van der Waals surface area contributed by atoms with Gasteiger partial charge in [-0.15, -0.1) is 0 Å². The maximum Gasteiger partial charge on any atom is 0.320 e. The molecule has 1 fully saturated rings. The molecule has 4 nitrogen and oxygen atoms in total. The Hall–Kier alpha value is -1.39. The highest BCUT2D eigenvalue weighted by atomic mass is 16.5. The number of ether oxygens (including phenoxy) is 1. The second-order valence-corrected chi connectivity index (χ2v) is 5.21. The molecular weight excluding hydrogens is 254 g/mol. The average Bonchev–Trinajstić information content (AvgIpc) is 2.48. The van der Waals surface area contributed by atoms with E-state index in [1.807, 2.05) is 11.8 Å². The minimum Gasteiger partial charge on any atom is -0.480 e. The van der Waals surface area contributed by atoms with Crippen molar-refractivity contribution in [2.45, 2.75) is 38.8 Å². The zero-order chi connectivity index (χ0) is 14.5. The number of nitrogens with zero attached hydrogens (tertiary/aromatic N) is 1. The lowest BCUT2D eigenvalue weighted by Gasteiger charge is -2.36. The Kier molecular flexibility index (Phi) is 5.15. The first-order valence-corrected chi connectivity index (χ1v) is 7.33. The van der Waals surface area contributed by atoms with Crippen molar-refractivity contribution in [1.82, 2.24) is 4.90 Å². The van der Waals surface area contributed by atoms with E-state index in [-0.39, 0.29) is 6.10 Å². The number of benzene rings is 1. The van der Waals surface area contributed by atoms with Crippen molar-refractivity contribution in [1.29, 1.82) is 0 Å². The van der Waals surface area contributed by atoms with Crippen molar-refractivity contribution in [2.24, 2.45) is 0 Å². The summed E-state index contributed by atoms with van der Waals surface area (Å²) in [6, 6.07) is 8.01. The molecule has 1 aliphatic heterocycles. The van der Waals surface area contributed by atoms with Crippen LogP contribution in [0.1, 0.15) is 37.5 Å². The summed E-state index contributed by atoms with van der Waals surface area (Å²) >= 11 is 0. The average molecular weight is 277 g/mol. The van der Waals surface area contributed by atoms with Gasteiger partial charge in [-0.25, -0.2) is 0 Å². The van der Waals surface area contributed by atoms with Gasteiger partial charge in [-0.05, 0) is 24.0 Å². The molecule has 0 bridgehead atoms. The van der Waals surface area contributed by atoms with E-state index in [0.717, 1.165) is 12.0 Å². The highest BCUT2D eigenvalue weighted by Gasteiger charge is 2.30. The van der Waals surface area contributed by atoms with E-state index in [9.17, 15) is 9.90 Å². The van der Waals surface area contributed by atoms with Crippen molar-refractivity contribution in [2.75, 3.05) is 19.7 Å². The van der Waals surface area contributed by atoms with Gasteiger partial charge in [0.2, 0.25) is 0 Å². The van der Waals surface area contributed by atoms with Crippen molar-refractivity contribution < 1.29 is 14.6 Å². The third kappa shape index (κ3) is 3.38. The molecule has 1 N–H and O–H groups in total. The van der Waals surface area contributed by atoms with E-state index in [4.69, 9.17) is 4.74 Å². The summed E-state index contributed by atoms with van der Waals surface area (Å²) in [5.41, 5.74) is 2.44. The van der Waals surface area contributed by atoms with E-state index >= 15 is 0 Å². The molecule has 0 radical (unpaired) electrons. The zero-order valence-electron chi connectivity index (χ0n) is 12.2. The van der Waals surface area contributed by atoms with Crippen LogP contribution in [0.15, 0.2) is 24.3 Å². The molecule has 1 saturated heterocycles. The topological polar surface area (TPSA) is 49.8 Å². The predicted octanol–water partition coefficient (Wildman–Crippen LogP) is 2.49. The van der Waals surface area contributed by atoms with Crippen LogP contribution in [-0.4, -0.2) is 41.7 Å². The fourth-order valence-corrected chi connectivity index (χ4v) is 2.71. The molecule has 110 valence electrons. The molecule has 2 rings (SSSR count). The predicted molar refractivity (Wildman–Crippen MR) is 77.8 cm³/mol. The molecule has 0 saturated carbocycles. The lowest BCUT2D eigenvalue weighted by molar-refractivity contribution is -0.147. The standard InChI is InChI=1S/C16H23NO3/c1-3-12-5-7-13(8-6-12)15-11-17(9-10-20-15)14(4-2)16(18)19/h5-8,14-15H,3-4,9-11H2,1-2H3,(H,18,19). The smallest absolute Gasteiger partial charge is 0.320 e. The Labute approximate surface area is 120 Å². The highest BCUT2D eigenvalue weighted by Crippen LogP contribution is 2.24. The number of rotatable bonds is 5. The van der Waals surface area contributed by atoms with Crippen LogP contribution in [-0.2, 0) is 16.0 Å². The Bertz CT molecular complexity index is 444. The summed E-state index contributed by atoms with van der Waals surface area (Å²) in [4.78, 5) is 13.3. The molecule has 1 heterocycles. The van der Waals surface area contributed by atoms with Crippen molar-refractivity contribution >= 4 is 5.97 Å². The molecule has 4 heteroatoms. The summed E-state index contributed by atoms with van der Waals surface area (Å²) < 4.78 is 5.81. The second kappa shape index (κ2) is 6.86. The van der Waals surface area contributed by atoms with Crippen LogP contribution in [0.3, 0.4) is 0 Å². The lowest BCUT2D eigenvalue weighted by Crippen LogP contribution is -2.48. The van der Waals surface area contributed by atoms with E-state index in [0.29, 0.717) is 26.1 Å². The van der Waals surface area contributed by atoms with Crippen LogP contribution >= 0.6 is 0 Å². The molecule has 1 aliphatic rings. The van der Waals surface area contributed by atoms with Gasteiger partial charge in [-0.3, -0.25) is 9.69 Å². The first kappa shape index (κ1) is 15.0. The molecule has 1 aromatic rings. The molecule has 1 aromatic carbocycles. The van der Waals surface area contributed by atoms with Gasteiger partial charge < -0.3 is 9.84 Å². The molecule has 0 amide bonds. The summed E-state index contributed by atoms with van der Waals surface area (Å²) in [5, 5.41) is 9.27. The summed E-state index contributed by atoms with van der Waals surface area (Å²) in [5.74, 6) is -0.741. The molecule has 2 unspecified atom stereocenters. The van der Waals surface area contributed by atoms with Gasteiger partial charge in [0, 0.05) is 13.1 Å². The zero-order valence-corrected chi connectivity index (χ0v) is 12.2. The number of aliphatic carboxylic acids is 1. The molecule has 2 atom stereocenters. The minimum absolute atomic E-state index is 0.0249. The Morgan fingerprint density at radius 2 is 2.10 bits per heavy atom. The van der Waals surface area contributed by atoms with Crippen LogP contribution < -0.4 is 0 Å². The number of hydrogen-bond donors (Lipinski definition) is 1. The Balaban J connectivity index is 2.07. The maximum atomic E-state index is 11.3. The van der Waals surface area contributed by atoms with E-state index in [1.165, 1.54) is 5.56 Å². The van der Waals surface area contributed by atoms with Gasteiger partial charge >= 0.3 is 5.97 Å². The van der Waals surface area contributed by atoms with Gasteiger partial charge in [0.25, 0.3) is 0 Å². The third-order valence-corrected chi connectivity index (χ3v) is 3.97. The quantitative estimate of drug-likeness (QED) is 0.898. The summed E-state index contributed by atoms with van der Waals surface area (Å²) in [7, 11) is 0. The molecule has 0 spiro atoms. The molecule has 0 aliphatic carbocycles. The number of morpholine rings is 1. The summed E-state index contributed by atoms with van der Waals surface area (Å²) in [6.45, 7) is 5.97. The van der Waals surface area contributed by atoms with Crippen molar-refractivity contribution in [3.8, 4) is 0 Å². The molecule has 0 aromatic heterocycles. The monoisotopic (exact) mass is 277 g/mol. The Morgan fingerprint density at radius 1 is 1.40 bits per heavy atom. The van der Waals surface area contributed by atoms with Gasteiger partial charge in [-0.1, -0.05) is 38.1 Å². The maximum absolute atomic E-state index is 11.3. The molecule has 20 heavy (non-hydrogen) atoms. The van der Waals surface area contributed by atoms with Crippen LogP contribution in [0, 0.1) is 0 Å². The fourth-order valence-electron chi connectivity index (χ4n) is 2.71. The van der Waals surface area contributed by atoms with Crippen molar-refractivity contribution in [3.05, 3.63) is 35.4 Å². The fraction of sp³-hybridized carbons (Fsp3) is 0.562. The first-order chi connectivity index (χ1) is 9.65. The van der Waals surface area contributed by atoms with Crippen LogP contribution in [0.25, 0.3) is 0 Å². The Morgan fingerprint density at radius 3 is 2.65 bits per heavy atom. The number of hydrogen-bond acceptors (Lipinski definition) is 3. The van der Waals surface area contributed by atoms with E-state index in [1.54, 1.807) is 0 Å². The van der Waals surface area contributed by atoms with E-state index in [2.05, 4.69) is 31.2 Å². The largest absolute Gasteiger partial charge is 0.480 e. The lowest BCUT2D eigenvalue weighted by atomic mass is 10.0. The number of carboxylic acids is 1. The van der Waals surface area contributed by atoms with Crippen molar-refractivity contribution in [3.63, 3.8) is 0 Å². The van der Waals surface area contributed by atoms with Crippen LogP contribution in [0.2, 0.25) is 0 Å². The van der Waals surface area contributed by atoms with Crippen LogP contribution in [0.4, 0.5) is 0 Å². The summed E-state index contributed by atoms with van der Waals surface area (Å²) in [6.07, 6.45) is 1.62. The molecular formula is C16H23NO3. The normalized spacial score (nSPS) is 21.6. The highest BCUT2D eigenvalue weighted by molar-refractivity contribution is 5.73. The van der Waals surface area contributed by atoms with Gasteiger partial charge in [0.1, 0.15) is 6.04 Å². The SMILES string of the molecule is CCc1ccc(C2CN(C(CC)C(=O)O)CCO2)cc1. The van der Waals surface area contributed by atoms with Crippen LogP contribution in [0.5, 0.6) is 0 Å². The van der Waals surface area contributed by atoms with Gasteiger partial charge in [-0.2, -0.15) is 0 Å². The minimum atomic E-state index is -0.741. The van der Waals surface area contributed by atoms with Gasteiger partial charge in [0.15, 0.2) is 0 Å². The number of carboxylic acid groups (broad SMARTS) is 1. The second-order valence-electron chi connectivity index (χ2n) is 5.21. The number of carbonyl (C=O) groups is 1. The van der Waals surface area contributed by atoms with E-state index < -0.39 is 12.0 Å². The van der Waals surface area contributed by atoms with Gasteiger partial charge in [0.05, 0.1) is 12.7 Å². The first-order valence-electron chi connectivity index (χ1n) is 7.33. The number of aryl methyl sites for hydroxylation is 1.